The van der Waals surface area contributed by atoms with Crippen LogP contribution in [0.25, 0.3) is 0 Å². The highest BCUT2D eigenvalue weighted by Crippen LogP contribution is 2.24. The van der Waals surface area contributed by atoms with Crippen LogP contribution >= 0.6 is 0 Å². The third-order valence-corrected chi connectivity index (χ3v) is 4.53. The highest BCUT2D eigenvalue weighted by atomic mass is 19.3. The van der Waals surface area contributed by atoms with Crippen molar-refractivity contribution in [3.63, 3.8) is 0 Å². The Bertz CT molecular complexity index is 635. The molecule has 0 spiro atoms. The van der Waals surface area contributed by atoms with Crippen LogP contribution in [0, 0.1) is 0 Å². The first-order valence-corrected chi connectivity index (χ1v) is 8.87. The van der Waals surface area contributed by atoms with Gasteiger partial charge in [-0.1, -0.05) is 18.2 Å². The Hall–Kier alpha value is -2.02. The average Bonchev–Trinajstić information content (AvgIpc) is 2.58. The van der Waals surface area contributed by atoms with E-state index in [1.165, 1.54) is 6.08 Å². The van der Waals surface area contributed by atoms with E-state index in [0.29, 0.717) is 38.3 Å². The van der Waals surface area contributed by atoms with E-state index in [9.17, 15) is 18.4 Å². The van der Waals surface area contributed by atoms with Gasteiger partial charge in [0.2, 0.25) is 11.8 Å². The van der Waals surface area contributed by atoms with Gasteiger partial charge in [0.25, 0.3) is 0 Å². The summed E-state index contributed by atoms with van der Waals surface area (Å²) in [4.78, 5) is 29.5. The van der Waals surface area contributed by atoms with Crippen molar-refractivity contribution in [3.8, 4) is 0 Å². The molecule has 0 aromatic heterocycles. The van der Waals surface area contributed by atoms with Gasteiger partial charge in [0, 0.05) is 51.3 Å². The topological polar surface area (TPSA) is 43.9 Å². The van der Waals surface area contributed by atoms with Crippen molar-refractivity contribution in [1.29, 1.82) is 0 Å². The fraction of sp³-hybridized carbons (Fsp3) is 0.579. The molecule has 1 amide bonds. The predicted octanol–water partition coefficient (Wildman–Crippen LogP) is 2.42. The molecule has 0 aliphatic carbocycles. The number of ketones is 1. The van der Waals surface area contributed by atoms with Crippen molar-refractivity contribution in [2.75, 3.05) is 39.8 Å². The largest absolute Gasteiger partial charge is 0.339 e. The second kappa shape index (κ2) is 8.58. The van der Waals surface area contributed by atoms with Crippen LogP contribution < -0.4 is 0 Å². The fourth-order valence-electron chi connectivity index (χ4n) is 3.03. The van der Waals surface area contributed by atoms with E-state index in [0.717, 1.165) is 12.6 Å². The number of fused-ring (bicyclic) bond motifs is 1. The molecule has 0 saturated carbocycles. The van der Waals surface area contributed by atoms with Gasteiger partial charge in [0.1, 0.15) is 0 Å². The van der Waals surface area contributed by atoms with Crippen LogP contribution in [0.5, 0.6) is 0 Å². The number of alkyl halides is 2. The zero-order valence-corrected chi connectivity index (χ0v) is 15.7. The van der Waals surface area contributed by atoms with E-state index in [2.05, 4.69) is 0 Å². The van der Waals surface area contributed by atoms with Crippen LogP contribution in [0.1, 0.15) is 26.7 Å². The molecule has 2 rings (SSSR count). The van der Waals surface area contributed by atoms with Gasteiger partial charge in [-0.25, -0.2) is 8.78 Å². The summed E-state index contributed by atoms with van der Waals surface area (Å²) in [5.41, 5.74) is 1.69. The van der Waals surface area contributed by atoms with Crippen molar-refractivity contribution in [2.45, 2.75) is 32.6 Å². The first kappa shape index (κ1) is 20.3. The second-order valence-electron chi connectivity index (χ2n) is 6.97. The summed E-state index contributed by atoms with van der Waals surface area (Å²) in [5.74, 6) is -2.73. The van der Waals surface area contributed by atoms with Gasteiger partial charge in [-0.05, 0) is 20.4 Å². The van der Waals surface area contributed by atoms with Gasteiger partial charge in [-0.3, -0.25) is 9.59 Å². The molecule has 1 fully saturated rings. The lowest BCUT2D eigenvalue weighted by Crippen LogP contribution is -2.47. The number of likely N-dealkylation sites (N-methyl/N-ethyl adjacent to an activating group) is 1. The minimum atomic E-state index is -2.67. The van der Waals surface area contributed by atoms with Gasteiger partial charge >= 0.3 is 0 Å². The van der Waals surface area contributed by atoms with E-state index in [1.54, 1.807) is 29.8 Å². The molecule has 144 valence electrons. The molecule has 0 aromatic rings. The van der Waals surface area contributed by atoms with E-state index in [1.807, 2.05) is 17.1 Å². The molecule has 5 nitrogen and oxygen atoms in total. The molecule has 2 heterocycles. The minimum absolute atomic E-state index is 0.0379. The van der Waals surface area contributed by atoms with Crippen molar-refractivity contribution < 1.29 is 18.4 Å². The number of carbonyl (C=O) groups is 2. The summed E-state index contributed by atoms with van der Waals surface area (Å²) in [6, 6.07) is 0. The Balaban J connectivity index is 1.82. The number of amides is 1. The number of rotatable bonds is 7. The smallest absolute Gasteiger partial charge is 0.246 e. The Labute approximate surface area is 153 Å². The molecule has 26 heavy (non-hydrogen) atoms. The summed E-state index contributed by atoms with van der Waals surface area (Å²) in [6.45, 7) is 4.80. The maximum Gasteiger partial charge on any atom is 0.246 e. The van der Waals surface area contributed by atoms with E-state index >= 15 is 0 Å². The second-order valence-corrected chi connectivity index (χ2v) is 6.97. The Morgan fingerprint density at radius 2 is 2.04 bits per heavy atom. The molecular formula is C19H27F2N3O2. The van der Waals surface area contributed by atoms with Crippen molar-refractivity contribution in [1.82, 2.24) is 14.7 Å². The van der Waals surface area contributed by atoms with E-state index in [-0.39, 0.29) is 24.7 Å². The Morgan fingerprint density at radius 3 is 2.69 bits per heavy atom. The van der Waals surface area contributed by atoms with Gasteiger partial charge in [-0.15, -0.1) is 0 Å². The number of halogens is 2. The summed E-state index contributed by atoms with van der Waals surface area (Å²) in [6.07, 6.45) is 7.66. The number of piperazine rings is 1. The molecule has 2 aliphatic heterocycles. The van der Waals surface area contributed by atoms with Crippen LogP contribution in [0.15, 0.2) is 35.7 Å². The molecule has 0 bridgehead atoms. The molecular weight excluding hydrogens is 340 g/mol. The number of allylic oxidation sites excluding steroid dienone is 3. The van der Waals surface area contributed by atoms with E-state index < -0.39 is 5.92 Å². The zero-order chi connectivity index (χ0) is 19.3. The maximum atomic E-state index is 12.8. The molecule has 0 atom stereocenters. The van der Waals surface area contributed by atoms with Crippen molar-refractivity contribution in [2.24, 2.45) is 0 Å². The number of hydrogen-bond donors (Lipinski definition) is 0. The lowest BCUT2D eigenvalue weighted by Gasteiger charge is -2.40. The molecule has 7 heteroatoms. The normalized spacial score (nSPS) is 18.1. The van der Waals surface area contributed by atoms with Crippen LogP contribution in [-0.4, -0.2) is 72.1 Å². The van der Waals surface area contributed by atoms with Crippen LogP contribution in [0.4, 0.5) is 8.78 Å². The lowest BCUT2D eigenvalue weighted by molar-refractivity contribution is -0.126. The summed E-state index contributed by atoms with van der Waals surface area (Å²) < 4.78 is 25.7. The number of nitrogens with zero attached hydrogens (tertiary/aromatic N) is 3. The third kappa shape index (κ3) is 5.76. The zero-order valence-electron chi connectivity index (χ0n) is 15.7. The SMILES string of the molecule is CC(=O)C1=CCC=C2CN(C(=O)/C=C/CN(C)CCC(C)(F)F)CCN21. The highest BCUT2D eigenvalue weighted by molar-refractivity contribution is 5.93. The first-order valence-electron chi connectivity index (χ1n) is 8.87. The van der Waals surface area contributed by atoms with Gasteiger partial charge in [0.05, 0.1) is 12.2 Å². The molecule has 0 N–H and O–H groups in total. The summed E-state index contributed by atoms with van der Waals surface area (Å²) in [7, 11) is 1.75. The molecule has 2 aliphatic rings. The third-order valence-electron chi connectivity index (χ3n) is 4.53. The summed E-state index contributed by atoms with van der Waals surface area (Å²) in [5, 5.41) is 0. The van der Waals surface area contributed by atoms with Gasteiger partial charge in [-0.2, -0.15) is 0 Å². The molecule has 0 radical (unpaired) electrons. The van der Waals surface area contributed by atoms with Gasteiger partial charge in [0.15, 0.2) is 5.78 Å². The number of carbonyl (C=O) groups excluding carboxylic acids is 2. The summed E-state index contributed by atoms with van der Waals surface area (Å²) >= 11 is 0. The average molecular weight is 367 g/mol. The molecule has 0 unspecified atom stereocenters. The van der Waals surface area contributed by atoms with Crippen LogP contribution in [-0.2, 0) is 9.59 Å². The van der Waals surface area contributed by atoms with Crippen molar-refractivity contribution >= 4 is 11.7 Å². The predicted molar refractivity (Wildman–Crippen MR) is 96.6 cm³/mol. The highest BCUT2D eigenvalue weighted by Gasteiger charge is 2.28. The molecule has 0 aromatic carbocycles. The number of Topliss-reactive ketones (excluding diaryl/α,β-unsaturated/α-hetero) is 1. The van der Waals surface area contributed by atoms with Crippen molar-refractivity contribution in [3.05, 3.63) is 35.7 Å². The number of hydrogen-bond acceptors (Lipinski definition) is 4. The fourth-order valence-corrected chi connectivity index (χ4v) is 3.03. The monoisotopic (exact) mass is 367 g/mol. The Morgan fingerprint density at radius 1 is 1.31 bits per heavy atom. The van der Waals surface area contributed by atoms with Gasteiger partial charge < -0.3 is 14.7 Å². The van der Waals surface area contributed by atoms with E-state index in [4.69, 9.17) is 0 Å². The first-order chi connectivity index (χ1) is 12.2. The lowest BCUT2D eigenvalue weighted by atomic mass is 10.1. The molecule has 1 saturated heterocycles. The quantitative estimate of drug-likeness (QED) is 0.649. The van der Waals surface area contributed by atoms with Crippen LogP contribution in [0.3, 0.4) is 0 Å². The van der Waals surface area contributed by atoms with Crippen LogP contribution in [0.2, 0.25) is 0 Å². The maximum absolute atomic E-state index is 12.8. The minimum Gasteiger partial charge on any atom is -0.339 e. The Kier molecular flexibility index (Phi) is 6.69. The standard InChI is InChI=1S/C19H27F2N3O2/c1-15(25)17-7-4-6-16-14-23(12-13-24(16)17)18(26)8-5-10-22(3)11-9-19(2,20)21/h5-8H,4,9-14H2,1-3H3/b8-5+.